The average Bonchev–Trinajstić information content (AvgIpc) is 2.18. The average molecular weight is 206 g/mol. The molecule has 0 aliphatic rings. The van der Waals surface area contributed by atoms with Gasteiger partial charge in [-0.1, -0.05) is 12.1 Å². The number of ketones is 1. The van der Waals surface area contributed by atoms with Crippen LogP contribution in [0.25, 0.3) is 5.57 Å². The summed E-state index contributed by atoms with van der Waals surface area (Å²) in [6.07, 6.45) is 0. The van der Waals surface area contributed by atoms with Crippen molar-refractivity contribution in [1.29, 1.82) is 0 Å². The fourth-order valence-corrected chi connectivity index (χ4v) is 1.42. The van der Waals surface area contributed by atoms with E-state index in [2.05, 4.69) is 0 Å². The molecule has 0 aromatic heterocycles. The van der Waals surface area contributed by atoms with Crippen LogP contribution in [0.4, 0.5) is 0 Å². The lowest BCUT2D eigenvalue weighted by Gasteiger charge is -2.06. The van der Waals surface area contributed by atoms with Crippen molar-refractivity contribution in [3.63, 3.8) is 0 Å². The van der Waals surface area contributed by atoms with Crippen LogP contribution in [0.5, 0.6) is 5.75 Å². The van der Waals surface area contributed by atoms with Crippen LogP contribution in [0, 0.1) is 0 Å². The Labute approximate surface area is 89.0 Å². The smallest absolute Gasteiger partial charge is 0.163 e. The molecule has 3 nitrogen and oxygen atoms in total. The van der Waals surface area contributed by atoms with E-state index in [9.17, 15) is 9.90 Å². The number of aliphatic hydroxyl groups is 1. The normalized spacial score (nSPS) is 11.9. The monoisotopic (exact) mass is 206 g/mol. The van der Waals surface area contributed by atoms with Gasteiger partial charge in [-0.2, -0.15) is 0 Å². The number of Topliss-reactive ketones (excluding diaryl/α,β-unsaturated/α-hetero) is 1. The van der Waals surface area contributed by atoms with Gasteiger partial charge in [-0.15, -0.1) is 0 Å². The summed E-state index contributed by atoms with van der Waals surface area (Å²) in [6, 6.07) is 6.99. The Morgan fingerprint density at radius 1 is 1.20 bits per heavy atom. The maximum atomic E-state index is 11.3. The van der Waals surface area contributed by atoms with Crippen molar-refractivity contribution in [3.05, 3.63) is 35.6 Å². The van der Waals surface area contributed by atoms with Crippen molar-refractivity contribution < 1.29 is 14.6 Å². The van der Waals surface area contributed by atoms with Crippen molar-refractivity contribution in [2.75, 3.05) is 7.11 Å². The zero-order valence-electron chi connectivity index (χ0n) is 9.07. The van der Waals surface area contributed by atoms with E-state index in [0.29, 0.717) is 11.1 Å². The molecule has 0 saturated carbocycles. The Balaban J connectivity index is 3.15. The van der Waals surface area contributed by atoms with Gasteiger partial charge in [0.1, 0.15) is 11.5 Å². The predicted octanol–water partition coefficient (Wildman–Crippen LogP) is 2.57. The van der Waals surface area contributed by atoms with Gasteiger partial charge in [0, 0.05) is 0 Å². The molecule has 0 fully saturated rings. The van der Waals surface area contributed by atoms with Gasteiger partial charge in [0.2, 0.25) is 0 Å². The first kappa shape index (κ1) is 11.3. The third kappa shape index (κ3) is 2.59. The Bertz CT molecular complexity index is 384. The third-order valence-corrected chi connectivity index (χ3v) is 2.09. The standard InChI is InChI=1S/C12H14O3/c1-8(13)12(9(2)14)10-4-6-11(15-3)7-5-10/h4-7,13H,1-3H3/b12-8+. The molecule has 1 rings (SSSR count). The highest BCUT2D eigenvalue weighted by molar-refractivity contribution is 6.20. The summed E-state index contributed by atoms with van der Waals surface area (Å²) >= 11 is 0. The van der Waals surface area contributed by atoms with Crippen molar-refractivity contribution in [3.8, 4) is 5.75 Å². The molecule has 0 heterocycles. The molecule has 0 unspecified atom stereocenters. The maximum Gasteiger partial charge on any atom is 0.163 e. The fourth-order valence-electron chi connectivity index (χ4n) is 1.42. The SMILES string of the molecule is COc1ccc(/C(C(C)=O)=C(\C)O)cc1. The Morgan fingerprint density at radius 3 is 2.07 bits per heavy atom. The summed E-state index contributed by atoms with van der Waals surface area (Å²) in [7, 11) is 1.58. The van der Waals surface area contributed by atoms with Crippen LogP contribution in [0.2, 0.25) is 0 Å². The number of hydrogen-bond acceptors (Lipinski definition) is 3. The number of allylic oxidation sites excluding steroid dienone is 2. The number of aliphatic hydroxyl groups excluding tert-OH is 1. The molecule has 0 saturated heterocycles. The summed E-state index contributed by atoms with van der Waals surface area (Å²) in [6.45, 7) is 2.93. The third-order valence-electron chi connectivity index (χ3n) is 2.09. The molecule has 15 heavy (non-hydrogen) atoms. The van der Waals surface area contributed by atoms with Gasteiger partial charge >= 0.3 is 0 Å². The van der Waals surface area contributed by atoms with Crippen LogP contribution in [0.15, 0.2) is 30.0 Å². The molecule has 0 atom stereocenters. The number of benzene rings is 1. The highest BCUT2D eigenvalue weighted by Gasteiger charge is 2.10. The molecule has 3 heteroatoms. The van der Waals surface area contributed by atoms with E-state index in [-0.39, 0.29) is 11.5 Å². The van der Waals surface area contributed by atoms with Crippen LogP contribution in [-0.4, -0.2) is 18.0 Å². The van der Waals surface area contributed by atoms with E-state index >= 15 is 0 Å². The van der Waals surface area contributed by atoms with E-state index in [1.165, 1.54) is 13.8 Å². The first-order valence-electron chi connectivity index (χ1n) is 4.61. The minimum Gasteiger partial charge on any atom is -0.512 e. The zero-order valence-corrected chi connectivity index (χ0v) is 9.07. The van der Waals surface area contributed by atoms with E-state index < -0.39 is 0 Å². The molecule has 0 amide bonds. The van der Waals surface area contributed by atoms with E-state index in [1.807, 2.05) is 0 Å². The Kier molecular flexibility index (Phi) is 3.50. The van der Waals surface area contributed by atoms with Gasteiger partial charge < -0.3 is 9.84 Å². The van der Waals surface area contributed by atoms with Crippen LogP contribution in [0.3, 0.4) is 0 Å². The van der Waals surface area contributed by atoms with Crippen molar-refractivity contribution in [1.82, 2.24) is 0 Å². The topological polar surface area (TPSA) is 46.5 Å². The second kappa shape index (κ2) is 4.64. The molecule has 1 aromatic rings. The van der Waals surface area contributed by atoms with Gasteiger partial charge in [0.25, 0.3) is 0 Å². The van der Waals surface area contributed by atoms with Crippen LogP contribution < -0.4 is 4.74 Å². The fraction of sp³-hybridized carbons (Fsp3) is 0.250. The molecular weight excluding hydrogens is 192 g/mol. The number of ether oxygens (including phenoxy) is 1. The second-order valence-corrected chi connectivity index (χ2v) is 3.25. The van der Waals surface area contributed by atoms with E-state index in [1.54, 1.807) is 31.4 Å². The van der Waals surface area contributed by atoms with Gasteiger partial charge in [0.15, 0.2) is 5.78 Å². The largest absolute Gasteiger partial charge is 0.512 e. The lowest BCUT2D eigenvalue weighted by molar-refractivity contribution is -0.111. The first-order chi connectivity index (χ1) is 7.06. The van der Waals surface area contributed by atoms with Gasteiger partial charge in [-0.25, -0.2) is 0 Å². The van der Waals surface area contributed by atoms with Crippen molar-refractivity contribution in [2.45, 2.75) is 13.8 Å². The summed E-state index contributed by atoms with van der Waals surface area (Å²) < 4.78 is 5.01. The summed E-state index contributed by atoms with van der Waals surface area (Å²) in [4.78, 5) is 11.3. The Morgan fingerprint density at radius 2 is 1.73 bits per heavy atom. The summed E-state index contributed by atoms with van der Waals surface area (Å²) in [5.41, 5.74) is 1.04. The number of carbonyl (C=O) groups excluding carboxylic acids is 1. The van der Waals surface area contributed by atoms with Crippen molar-refractivity contribution >= 4 is 11.4 Å². The highest BCUT2D eigenvalue weighted by atomic mass is 16.5. The summed E-state index contributed by atoms with van der Waals surface area (Å²) in [5.74, 6) is 0.602. The number of carbonyl (C=O) groups is 1. The number of hydrogen-bond donors (Lipinski definition) is 1. The highest BCUT2D eigenvalue weighted by Crippen LogP contribution is 2.21. The molecular formula is C12H14O3. The molecule has 0 aliphatic heterocycles. The van der Waals surface area contributed by atoms with Gasteiger partial charge in [0.05, 0.1) is 12.7 Å². The minimum atomic E-state index is -0.153. The van der Waals surface area contributed by atoms with E-state index in [0.717, 1.165) is 5.75 Å². The van der Waals surface area contributed by atoms with Crippen molar-refractivity contribution in [2.24, 2.45) is 0 Å². The molecule has 80 valence electrons. The molecule has 1 aromatic carbocycles. The molecule has 0 bridgehead atoms. The Hall–Kier alpha value is -1.77. The first-order valence-corrected chi connectivity index (χ1v) is 4.61. The maximum absolute atomic E-state index is 11.3. The molecule has 1 N–H and O–H groups in total. The number of methoxy groups -OCH3 is 1. The second-order valence-electron chi connectivity index (χ2n) is 3.25. The van der Waals surface area contributed by atoms with Gasteiger partial charge in [-0.05, 0) is 31.5 Å². The molecule has 0 aliphatic carbocycles. The summed E-state index contributed by atoms with van der Waals surface area (Å²) in [5, 5.41) is 9.39. The van der Waals surface area contributed by atoms with Gasteiger partial charge in [-0.3, -0.25) is 4.79 Å². The van der Waals surface area contributed by atoms with Crippen LogP contribution >= 0.6 is 0 Å². The van der Waals surface area contributed by atoms with Crippen LogP contribution in [-0.2, 0) is 4.79 Å². The quantitative estimate of drug-likeness (QED) is 0.610. The molecule has 0 spiro atoms. The predicted molar refractivity (Wildman–Crippen MR) is 58.9 cm³/mol. The minimum absolute atomic E-state index is 0.0349. The molecule has 0 radical (unpaired) electrons. The lowest BCUT2D eigenvalue weighted by Crippen LogP contribution is -1.99. The van der Waals surface area contributed by atoms with Crippen LogP contribution in [0.1, 0.15) is 19.4 Å². The zero-order chi connectivity index (χ0) is 11.4. The number of rotatable bonds is 3. The van der Waals surface area contributed by atoms with E-state index in [4.69, 9.17) is 4.74 Å². The lowest BCUT2D eigenvalue weighted by atomic mass is 10.0.